The second-order valence-corrected chi connectivity index (χ2v) is 6.00. The van der Waals surface area contributed by atoms with Crippen molar-refractivity contribution in [3.8, 4) is 22.6 Å². The van der Waals surface area contributed by atoms with Crippen molar-refractivity contribution >= 4 is 11.0 Å². The van der Waals surface area contributed by atoms with Gasteiger partial charge in [0, 0.05) is 17.5 Å². The molecule has 0 saturated carbocycles. The molecule has 0 aliphatic carbocycles. The normalized spacial score (nSPS) is 11.2. The number of fused-ring (bicyclic) bond motifs is 1. The Morgan fingerprint density at radius 1 is 1.17 bits per heavy atom. The smallest absolute Gasteiger partial charge is 0.336 e. The molecule has 0 aliphatic rings. The molecule has 1 heterocycles. The first-order chi connectivity index (χ1) is 11.5. The van der Waals surface area contributed by atoms with Gasteiger partial charge in [-0.05, 0) is 55.2 Å². The minimum absolute atomic E-state index is 0.0708. The van der Waals surface area contributed by atoms with Gasteiger partial charge in [-0.15, -0.1) is 0 Å². The summed E-state index contributed by atoms with van der Waals surface area (Å²) in [6.07, 6.45) is 0.762. The van der Waals surface area contributed by atoms with E-state index < -0.39 is 5.63 Å². The first kappa shape index (κ1) is 16.1. The summed E-state index contributed by atoms with van der Waals surface area (Å²) < 4.78 is 11.0. The van der Waals surface area contributed by atoms with E-state index in [1.807, 2.05) is 51.1 Å². The Morgan fingerprint density at radius 2 is 1.96 bits per heavy atom. The molecule has 0 unspecified atom stereocenters. The lowest BCUT2D eigenvalue weighted by molar-refractivity contribution is 0.242. The number of aromatic hydroxyl groups is 1. The average molecular weight is 324 g/mol. The molecular weight excluding hydrogens is 304 g/mol. The van der Waals surface area contributed by atoms with Gasteiger partial charge < -0.3 is 14.3 Å². The number of phenolic OH excluding ortho intramolecular Hbond substituents is 1. The number of hydrogen-bond acceptors (Lipinski definition) is 4. The van der Waals surface area contributed by atoms with Crippen LogP contribution >= 0.6 is 0 Å². The zero-order chi connectivity index (χ0) is 17.3. The fourth-order valence-electron chi connectivity index (χ4n) is 2.77. The van der Waals surface area contributed by atoms with Crippen molar-refractivity contribution in [2.75, 3.05) is 0 Å². The minimum atomic E-state index is -0.448. The van der Waals surface area contributed by atoms with Crippen LogP contribution in [0.2, 0.25) is 0 Å². The highest BCUT2D eigenvalue weighted by molar-refractivity contribution is 5.94. The Hall–Kier alpha value is -2.75. The predicted octanol–water partition coefficient (Wildman–Crippen LogP) is 4.52. The summed E-state index contributed by atoms with van der Waals surface area (Å²) in [6, 6.07) is 12.5. The van der Waals surface area contributed by atoms with Gasteiger partial charge in [0.1, 0.15) is 17.1 Å². The molecule has 0 aliphatic heterocycles. The number of hydrogen-bond donors (Lipinski definition) is 1. The molecule has 0 fully saturated rings. The SMILES string of the molecule is CCc1cc2c(-c3cccc(OC(C)C)c3)cc(=O)oc2cc1O. The third kappa shape index (κ3) is 3.13. The quantitative estimate of drug-likeness (QED) is 0.717. The van der Waals surface area contributed by atoms with Gasteiger partial charge in [0.25, 0.3) is 0 Å². The van der Waals surface area contributed by atoms with E-state index in [1.54, 1.807) is 0 Å². The van der Waals surface area contributed by atoms with Crippen molar-refractivity contribution in [2.24, 2.45) is 0 Å². The molecule has 3 aromatic rings. The van der Waals surface area contributed by atoms with Gasteiger partial charge in [0.05, 0.1) is 6.10 Å². The lowest BCUT2D eigenvalue weighted by atomic mass is 9.99. The van der Waals surface area contributed by atoms with Crippen LogP contribution in [0.25, 0.3) is 22.1 Å². The third-order valence-corrected chi connectivity index (χ3v) is 3.84. The van der Waals surface area contributed by atoms with Crippen molar-refractivity contribution in [3.63, 3.8) is 0 Å². The van der Waals surface area contributed by atoms with Crippen LogP contribution < -0.4 is 10.4 Å². The summed E-state index contributed by atoms with van der Waals surface area (Å²) in [7, 11) is 0. The van der Waals surface area contributed by atoms with Gasteiger partial charge in [-0.25, -0.2) is 4.79 Å². The van der Waals surface area contributed by atoms with Crippen molar-refractivity contribution in [2.45, 2.75) is 33.3 Å². The van der Waals surface area contributed by atoms with Crippen LogP contribution in [-0.4, -0.2) is 11.2 Å². The van der Waals surface area contributed by atoms with Crippen LogP contribution in [0.3, 0.4) is 0 Å². The largest absolute Gasteiger partial charge is 0.508 e. The summed E-state index contributed by atoms with van der Waals surface area (Å²) in [6.45, 7) is 5.90. The fraction of sp³-hybridized carbons (Fsp3) is 0.250. The topological polar surface area (TPSA) is 59.7 Å². The molecule has 0 saturated heterocycles. The molecule has 2 aromatic carbocycles. The van der Waals surface area contributed by atoms with Gasteiger partial charge in [-0.2, -0.15) is 0 Å². The third-order valence-electron chi connectivity index (χ3n) is 3.84. The molecule has 1 N–H and O–H groups in total. The van der Waals surface area contributed by atoms with Gasteiger partial charge in [0.15, 0.2) is 0 Å². The van der Waals surface area contributed by atoms with Gasteiger partial charge in [0.2, 0.25) is 0 Å². The monoisotopic (exact) mass is 324 g/mol. The molecule has 124 valence electrons. The first-order valence-corrected chi connectivity index (χ1v) is 8.04. The van der Waals surface area contributed by atoms with E-state index in [1.165, 1.54) is 12.1 Å². The van der Waals surface area contributed by atoms with E-state index >= 15 is 0 Å². The molecule has 0 amide bonds. The highest BCUT2D eigenvalue weighted by atomic mass is 16.5. The van der Waals surface area contributed by atoms with E-state index in [4.69, 9.17) is 9.15 Å². The first-order valence-electron chi connectivity index (χ1n) is 8.04. The average Bonchev–Trinajstić information content (AvgIpc) is 2.53. The van der Waals surface area contributed by atoms with Crippen molar-refractivity contribution in [1.82, 2.24) is 0 Å². The summed E-state index contributed by atoms with van der Waals surface area (Å²) >= 11 is 0. The van der Waals surface area contributed by atoms with Gasteiger partial charge >= 0.3 is 5.63 Å². The molecule has 0 spiro atoms. The Kier molecular flexibility index (Phi) is 4.30. The summed E-state index contributed by atoms with van der Waals surface area (Å²) in [5, 5.41) is 10.8. The number of aryl methyl sites for hydroxylation is 1. The van der Waals surface area contributed by atoms with E-state index in [0.717, 1.165) is 27.8 Å². The maximum absolute atomic E-state index is 11.9. The number of rotatable bonds is 4. The molecular formula is C20H20O4. The van der Waals surface area contributed by atoms with Crippen LogP contribution in [-0.2, 0) is 6.42 Å². The van der Waals surface area contributed by atoms with Gasteiger partial charge in [-0.1, -0.05) is 19.1 Å². The summed E-state index contributed by atoms with van der Waals surface area (Å²) in [5.74, 6) is 0.889. The highest BCUT2D eigenvalue weighted by Gasteiger charge is 2.12. The molecule has 3 rings (SSSR count). The lowest BCUT2D eigenvalue weighted by Gasteiger charge is -2.12. The van der Waals surface area contributed by atoms with E-state index in [2.05, 4.69) is 0 Å². The molecule has 0 bridgehead atoms. The molecule has 4 heteroatoms. The zero-order valence-electron chi connectivity index (χ0n) is 14.0. The lowest BCUT2D eigenvalue weighted by Crippen LogP contribution is -2.05. The Bertz CT molecular complexity index is 938. The van der Waals surface area contributed by atoms with Crippen molar-refractivity contribution < 1.29 is 14.3 Å². The van der Waals surface area contributed by atoms with Crippen LogP contribution in [0.15, 0.2) is 51.7 Å². The van der Waals surface area contributed by atoms with Crippen LogP contribution in [0, 0.1) is 0 Å². The Morgan fingerprint density at radius 3 is 2.67 bits per heavy atom. The van der Waals surface area contributed by atoms with Gasteiger partial charge in [-0.3, -0.25) is 0 Å². The minimum Gasteiger partial charge on any atom is -0.508 e. The van der Waals surface area contributed by atoms with Crippen molar-refractivity contribution in [3.05, 3.63) is 58.4 Å². The van der Waals surface area contributed by atoms with Crippen LogP contribution in [0.4, 0.5) is 0 Å². The maximum atomic E-state index is 11.9. The van der Waals surface area contributed by atoms with Crippen LogP contribution in [0.5, 0.6) is 11.5 Å². The Labute approximate surface area is 140 Å². The summed E-state index contributed by atoms with van der Waals surface area (Å²) in [4.78, 5) is 11.9. The standard InChI is InChI=1S/C20H20O4/c1-4-13-9-17-16(10-20(22)24-19(17)11-18(13)21)14-6-5-7-15(8-14)23-12(2)3/h5-12,21H,4H2,1-3H3. The molecule has 1 aromatic heterocycles. The molecule has 24 heavy (non-hydrogen) atoms. The van der Waals surface area contributed by atoms with E-state index in [9.17, 15) is 9.90 Å². The maximum Gasteiger partial charge on any atom is 0.336 e. The molecule has 0 atom stereocenters. The number of ether oxygens (including phenoxy) is 1. The highest BCUT2D eigenvalue weighted by Crippen LogP contribution is 2.33. The molecule has 4 nitrogen and oxygen atoms in total. The number of phenols is 1. The fourth-order valence-corrected chi connectivity index (χ4v) is 2.77. The second kappa shape index (κ2) is 6.40. The predicted molar refractivity (Wildman–Crippen MR) is 94.7 cm³/mol. The Balaban J connectivity index is 2.23. The second-order valence-electron chi connectivity index (χ2n) is 6.00. The van der Waals surface area contributed by atoms with Crippen molar-refractivity contribution in [1.29, 1.82) is 0 Å². The zero-order valence-corrected chi connectivity index (χ0v) is 14.0. The molecule has 0 radical (unpaired) electrons. The summed E-state index contributed by atoms with van der Waals surface area (Å²) in [5.41, 5.74) is 2.38. The van der Waals surface area contributed by atoms with E-state index in [0.29, 0.717) is 12.0 Å². The number of benzene rings is 2. The van der Waals surface area contributed by atoms with E-state index in [-0.39, 0.29) is 11.9 Å². The van der Waals surface area contributed by atoms with Crippen LogP contribution in [0.1, 0.15) is 26.3 Å².